The smallest absolute Gasteiger partial charge is 0.263 e. The van der Waals surface area contributed by atoms with E-state index in [9.17, 15) is 14.0 Å². The number of rotatable bonds is 6. The summed E-state index contributed by atoms with van der Waals surface area (Å²) in [6, 6.07) is 12.0. The van der Waals surface area contributed by atoms with Crippen LogP contribution in [0.2, 0.25) is 0 Å². The van der Waals surface area contributed by atoms with Crippen LogP contribution in [-0.2, 0) is 16.0 Å². The lowest BCUT2D eigenvalue weighted by Gasteiger charge is -2.39. The maximum atomic E-state index is 13.6. The van der Waals surface area contributed by atoms with E-state index < -0.39 is 6.10 Å². The summed E-state index contributed by atoms with van der Waals surface area (Å²) >= 11 is 0. The first-order chi connectivity index (χ1) is 15.9. The number of fused-ring (bicyclic) bond motifs is 1. The molecule has 0 aromatic heterocycles. The maximum absolute atomic E-state index is 13.6. The van der Waals surface area contributed by atoms with E-state index in [1.807, 2.05) is 48.8 Å². The number of amides is 2. The molecule has 4 rings (SSSR count). The minimum atomic E-state index is -0.526. The van der Waals surface area contributed by atoms with Crippen molar-refractivity contribution in [1.29, 1.82) is 0 Å². The number of nitrogens with zero attached hydrogens (tertiary/aromatic N) is 2. The second-order valence-corrected chi connectivity index (χ2v) is 9.30. The molecule has 1 fully saturated rings. The van der Waals surface area contributed by atoms with Crippen LogP contribution in [0.5, 0.6) is 5.75 Å². The Balaban J connectivity index is 1.67. The van der Waals surface area contributed by atoms with E-state index in [0.717, 1.165) is 49.0 Å². The van der Waals surface area contributed by atoms with Gasteiger partial charge in [0.2, 0.25) is 5.91 Å². The van der Waals surface area contributed by atoms with Crippen molar-refractivity contribution in [3.63, 3.8) is 0 Å². The molecule has 2 amide bonds. The first-order valence-corrected chi connectivity index (χ1v) is 12.0. The molecule has 2 heterocycles. The molecule has 0 radical (unpaired) electrons. The molecule has 0 N–H and O–H groups in total. The topological polar surface area (TPSA) is 49.9 Å². The Morgan fingerprint density at radius 3 is 2.36 bits per heavy atom. The third kappa shape index (κ3) is 4.90. The van der Waals surface area contributed by atoms with E-state index in [1.54, 1.807) is 12.1 Å². The molecule has 0 aliphatic carbocycles. The standard InChI is InChI=1S/C27H33FN2O3/c1-4-24(27(32)29-14-5-6-15-29)33-22-12-9-19-13-16-30(26(31)18(2)3)25(23(19)17-22)20-7-10-21(28)11-8-20/h7-12,17-18,24-25H,4-6,13-16H2,1-3H3. The van der Waals surface area contributed by atoms with Crippen LogP contribution in [0.1, 0.15) is 62.8 Å². The number of benzene rings is 2. The molecule has 176 valence electrons. The molecule has 2 aromatic carbocycles. The molecule has 0 spiro atoms. The lowest BCUT2D eigenvalue weighted by Crippen LogP contribution is -2.42. The Morgan fingerprint density at radius 1 is 1.03 bits per heavy atom. The molecule has 2 aromatic rings. The van der Waals surface area contributed by atoms with Crippen molar-refractivity contribution >= 4 is 11.8 Å². The third-order valence-electron chi connectivity index (χ3n) is 6.65. The maximum Gasteiger partial charge on any atom is 0.263 e. The van der Waals surface area contributed by atoms with Crippen LogP contribution in [0.25, 0.3) is 0 Å². The minimum Gasteiger partial charge on any atom is -0.481 e. The van der Waals surface area contributed by atoms with E-state index in [0.29, 0.717) is 18.7 Å². The first-order valence-electron chi connectivity index (χ1n) is 12.0. The van der Waals surface area contributed by atoms with Gasteiger partial charge in [0.25, 0.3) is 5.91 Å². The molecule has 0 saturated carbocycles. The lowest BCUT2D eigenvalue weighted by molar-refractivity contribution is -0.137. The number of carbonyl (C=O) groups excluding carboxylic acids is 2. The summed E-state index contributed by atoms with van der Waals surface area (Å²) in [7, 11) is 0. The normalized spacial score (nSPS) is 18.9. The molecular weight excluding hydrogens is 419 g/mol. The molecule has 0 bridgehead atoms. The molecule has 2 atom stereocenters. The minimum absolute atomic E-state index is 0.0411. The van der Waals surface area contributed by atoms with Gasteiger partial charge in [0.1, 0.15) is 11.6 Å². The van der Waals surface area contributed by atoms with Crippen molar-refractivity contribution in [1.82, 2.24) is 9.80 Å². The molecule has 2 aliphatic heterocycles. The number of hydrogen-bond donors (Lipinski definition) is 0. The Bertz CT molecular complexity index is 999. The highest BCUT2D eigenvalue weighted by Crippen LogP contribution is 2.38. The number of hydrogen-bond acceptors (Lipinski definition) is 3. The highest BCUT2D eigenvalue weighted by Gasteiger charge is 2.34. The Kier molecular flexibility index (Phi) is 7.01. The molecule has 5 nitrogen and oxygen atoms in total. The van der Waals surface area contributed by atoms with Gasteiger partial charge >= 0.3 is 0 Å². The fraction of sp³-hybridized carbons (Fsp3) is 0.481. The number of halogens is 1. The number of carbonyl (C=O) groups is 2. The highest BCUT2D eigenvalue weighted by molar-refractivity contribution is 5.81. The van der Waals surface area contributed by atoms with Crippen molar-refractivity contribution in [2.45, 2.75) is 58.6 Å². The molecule has 33 heavy (non-hydrogen) atoms. The largest absolute Gasteiger partial charge is 0.481 e. The number of likely N-dealkylation sites (tertiary alicyclic amines) is 1. The summed E-state index contributed by atoms with van der Waals surface area (Å²) in [5, 5.41) is 0. The summed E-state index contributed by atoms with van der Waals surface area (Å²) in [6.45, 7) is 7.95. The molecule has 1 saturated heterocycles. The van der Waals surface area contributed by atoms with Gasteiger partial charge in [-0.1, -0.05) is 39.0 Å². The average molecular weight is 453 g/mol. The van der Waals surface area contributed by atoms with Crippen molar-refractivity contribution < 1.29 is 18.7 Å². The fourth-order valence-corrected chi connectivity index (χ4v) is 4.85. The van der Waals surface area contributed by atoms with E-state index in [-0.39, 0.29) is 29.6 Å². The molecule has 6 heteroatoms. The SMILES string of the molecule is CCC(Oc1ccc2c(c1)C(c1ccc(F)cc1)N(C(=O)C(C)C)CC2)C(=O)N1CCCC1. The Hall–Kier alpha value is -2.89. The van der Waals surface area contributed by atoms with Gasteiger partial charge in [-0.25, -0.2) is 4.39 Å². The van der Waals surface area contributed by atoms with Gasteiger partial charge in [0.05, 0.1) is 6.04 Å². The zero-order chi connectivity index (χ0) is 23.5. The van der Waals surface area contributed by atoms with Crippen molar-refractivity contribution in [2.24, 2.45) is 5.92 Å². The first kappa shape index (κ1) is 23.3. The highest BCUT2D eigenvalue weighted by atomic mass is 19.1. The van der Waals surface area contributed by atoms with Crippen molar-refractivity contribution in [3.8, 4) is 5.75 Å². The summed E-state index contributed by atoms with van der Waals surface area (Å²) < 4.78 is 19.8. The second-order valence-electron chi connectivity index (χ2n) is 9.30. The summed E-state index contributed by atoms with van der Waals surface area (Å²) in [4.78, 5) is 29.8. The summed E-state index contributed by atoms with van der Waals surface area (Å²) in [6.07, 6.45) is 2.89. The Morgan fingerprint density at radius 2 is 1.73 bits per heavy atom. The predicted molar refractivity (Wildman–Crippen MR) is 125 cm³/mol. The van der Waals surface area contributed by atoms with Crippen LogP contribution >= 0.6 is 0 Å². The molecule has 2 unspecified atom stereocenters. The van der Waals surface area contributed by atoms with E-state index in [2.05, 4.69) is 0 Å². The zero-order valence-electron chi connectivity index (χ0n) is 19.7. The third-order valence-corrected chi connectivity index (χ3v) is 6.65. The zero-order valence-corrected chi connectivity index (χ0v) is 19.7. The van der Waals surface area contributed by atoms with E-state index in [4.69, 9.17) is 4.74 Å². The van der Waals surface area contributed by atoms with Crippen LogP contribution in [0.4, 0.5) is 4.39 Å². The average Bonchev–Trinajstić information content (AvgIpc) is 3.36. The monoisotopic (exact) mass is 452 g/mol. The number of ether oxygens (including phenoxy) is 1. The van der Waals surface area contributed by atoms with Crippen LogP contribution in [0.15, 0.2) is 42.5 Å². The van der Waals surface area contributed by atoms with Gasteiger partial charge in [0.15, 0.2) is 6.10 Å². The van der Waals surface area contributed by atoms with Crippen LogP contribution in [0.3, 0.4) is 0 Å². The van der Waals surface area contributed by atoms with Gasteiger partial charge in [-0.2, -0.15) is 0 Å². The van der Waals surface area contributed by atoms with Gasteiger partial charge in [-0.05, 0) is 66.6 Å². The molecular formula is C27H33FN2O3. The van der Waals surface area contributed by atoms with Gasteiger partial charge in [-0.15, -0.1) is 0 Å². The van der Waals surface area contributed by atoms with E-state index in [1.165, 1.54) is 12.1 Å². The lowest BCUT2D eigenvalue weighted by atomic mass is 9.87. The van der Waals surface area contributed by atoms with Gasteiger partial charge in [-0.3, -0.25) is 9.59 Å². The van der Waals surface area contributed by atoms with Crippen LogP contribution < -0.4 is 4.74 Å². The van der Waals surface area contributed by atoms with Crippen molar-refractivity contribution in [3.05, 3.63) is 65.0 Å². The predicted octanol–water partition coefficient (Wildman–Crippen LogP) is 4.74. The van der Waals surface area contributed by atoms with E-state index >= 15 is 0 Å². The molecule has 2 aliphatic rings. The quantitative estimate of drug-likeness (QED) is 0.636. The van der Waals surface area contributed by atoms with Crippen LogP contribution in [0, 0.1) is 11.7 Å². The van der Waals surface area contributed by atoms with Crippen LogP contribution in [-0.4, -0.2) is 47.4 Å². The van der Waals surface area contributed by atoms with Gasteiger partial charge < -0.3 is 14.5 Å². The summed E-state index contributed by atoms with van der Waals surface area (Å²) in [5.41, 5.74) is 2.98. The Labute approximate surface area is 195 Å². The fourth-order valence-electron chi connectivity index (χ4n) is 4.85. The van der Waals surface area contributed by atoms with Gasteiger partial charge in [0, 0.05) is 25.6 Å². The second kappa shape index (κ2) is 9.94. The van der Waals surface area contributed by atoms with Crippen molar-refractivity contribution in [2.75, 3.05) is 19.6 Å². The summed E-state index contributed by atoms with van der Waals surface area (Å²) in [5.74, 6) is 0.284.